The summed E-state index contributed by atoms with van der Waals surface area (Å²) in [6.07, 6.45) is 19.5. The first-order valence-electron chi connectivity index (χ1n) is 16.7. The van der Waals surface area contributed by atoms with E-state index in [1.54, 1.807) is 34.9 Å². The van der Waals surface area contributed by atoms with Crippen molar-refractivity contribution in [2.75, 3.05) is 26.1 Å². The van der Waals surface area contributed by atoms with E-state index in [2.05, 4.69) is 32.9 Å². The number of nitrogens with zero attached hydrogens (tertiary/aromatic N) is 4. The summed E-state index contributed by atoms with van der Waals surface area (Å²) < 4.78 is 52.1. The molecule has 264 valence electrons. The molecule has 0 bridgehead atoms. The van der Waals surface area contributed by atoms with Crippen molar-refractivity contribution in [2.24, 2.45) is 0 Å². The van der Waals surface area contributed by atoms with Gasteiger partial charge in [0.25, 0.3) is 0 Å². The van der Waals surface area contributed by atoms with Crippen molar-refractivity contribution in [2.45, 2.75) is 109 Å². The van der Waals surface area contributed by atoms with Gasteiger partial charge in [-0.05, 0) is 25.5 Å². The molecule has 0 aliphatic heterocycles. The number of nitrogen functional groups attached to an aromatic ring is 1. The maximum absolute atomic E-state index is 14.1. The molecule has 2 aromatic heterocycles. The Labute approximate surface area is 283 Å². The number of hydrogen-bond acceptors (Lipinski definition) is 10. The van der Waals surface area contributed by atoms with E-state index in [1.807, 2.05) is 0 Å². The molecule has 3 N–H and O–H groups in total. The zero-order valence-electron chi connectivity index (χ0n) is 28.4. The number of carbonyl (C=O) groups excluding carboxylic acids is 1. The second kappa shape index (κ2) is 20.1. The topological polar surface area (TPSA) is 153 Å². The lowest BCUT2D eigenvalue weighted by Gasteiger charge is -2.30. The fourth-order valence-corrected chi connectivity index (χ4v) is 6.60. The number of terminal acetylenes is 1. The Kier molecular flexibility index (Phi) is 16.3. The van der Waals surface area contributed by atoms with Crippen molar-refractivity contribution in [3.8, 4) is 18.1 Å². The van der Waals surface area contributed by atoms with Gasteiger partial charge >= 0.3 is 19.8 Å². The summed E-state index contributed by atoms with van der Waals surface area (Å²) in [7, 11) is -2.82. The van der Waals surface area contributed by atoms with Gasteiger partial charge in [0.1, 0.15) is 17.3 Å². The van der Waals surface area contributed by atoms with Crippen molar-refractivity contribution in [3.63, 3.8) is 0 Å². The summed E-state index contributed by atoms with van der Waals surface area (Å²) in [5, 5.41) is 2.69. The van der Waals surface area contributed by atoms with Gasteiger partial charge in [-0.1, -0.05) is 95.3 Å². The third-order valence-electron chi connectivity index (χ3n) is 8.01. The number of para-hydroxylation sites is 1. The van der Waals surface area contributed by atoms with Gasteiger partial charge in [-0.25, -0.2) is 9.55 Å². The molecule has 3 aromatic rings. The van der Waals surface area contributed by atoms with E-state index in [9.17, 15) is 13.8 Å². The number of fused-ring (bicyclic) bond motifs is 1. The Morgan fingerprint density at radius 3 is 2.35 bits per heavy atom. The third kappa shape index (κ3) is 12.5. The van der Waals surface area contributed by atoms with Crippen molar-refractivity contribution in [1.82, 2.24) is 24.6 Å². The van der Waals surface area contributed by atoms with Crippen LogP contribution in [0.2, 0.25) is 0 Å². The molecule has 0 amide bonds. The van der Waals surface area contributed by atoms with Crippen molar-refractivity contribution < 1.29 is 32.3 Å². The minimum atomic E-state index is -4.21. The average Bonchev–Trinajstić information content (AvgIpc) is 3.49. The smallest absolute Gasteiger partial charge is 0.459 e. The van der Waals surface area contributed by atoms with Crippen LogP contribution >= 0.6 is 7.75 Å². The molecule has 1 unspecified atom stereocenters. The number of halogens is 1. The van der Waals surface area contributed by atoms with Crippen LogP contribution in [0.3, 0.4) is 0 Å². The molecule has 0 aliphatic carbocycles. The van der Waals surface area contributed by atoms with Gasteiger partial charge < -0.3 is 24.3 Å². The molecule has 0 saturated heterocycles. The number of rotatable bonds is 24. The van der Waals surface area contributed by atoms with E-state index in [0.29, 0.717) is 0 Å². The summed E-state index contributed by atoms with van der Waals surface area (Å²) in [6.45, 7) is 3.81. The van der Waals surface area contributed by atoms with Gasteiger partial charge in [0.2, 0.25) is 0 Å². The average molecular weight is 689 g/mol. The van der Waals surface area contributed by atoms with Gasteiger partial charge in [0, 0.05) is 20.1 Å². The fraction of sp³-hybridized carbons (Fsp3) is 0.588. The lowest BCUT2D eigenvalue weighted by atomic mass is 10.0. The molecule has 0 saturated carbocycles. The summed E-state index contributed by atoms with van der Waals surface area (Å²) in [4.78, 5) is 24.3. The summed E-state index contributed by atoms with van der Waals surface area (Å²) in [5.74, 6) is 2.14. The van der Waals surface area contributed by atoms with Crippen LogP contribution in [0.5, 0.6) is 5.75 Å². The number of aromatic nitrogens is 4. The minimum Gasteiger partial charge on any atom is -0.465 e. The molecule has 48 heavy (non-hydrogen) atoms. The second-order valence-electron chi connectivity index (χ2n) is 11.8. The molecular formula is C34H50FN6O6P. The van der Waals surface area contributed by atoms with E-state index in [0.717, 1.165) is 19.3 Å². The molecule has 3 rings (SSSR count). The van der Waals surface area contributed by atoms with Crippen LogP contribution in [0, 0.1) is 18.4 Å². The number of unbranched alkanes of at least 4 members (excludes halogenated alkanes) is 10. The van der Waals surface area contributed by atoms with E-state index < -0.39 is 31.4 Å². The second-order valence-corrected chi connectivity index (χ2v) is 13.5. The molecule has 0 spiro atoms. The first kappa shape index (κ1) is 38.9. The van der Waals surface area contributed by atoms with E-state index in [-0.39, 0.29) is 48.9 Å². The highest BCUT2D eigenvalue weighted by molar-refractivity contribution is 7.52. The zero-order valence-corrected chi connectivity index (χ0v) is 29.3. The molecule has 0 radical (unpaired) electrons. The molecule has 12 nitrogen and oxygen atoms in total. The van der Waals surface area contributed by atoms with Crippen LogP contribution in [-0.2, 0) is 29.9 Å². The number of aryl methyl sites for hydroxylation is 1. The predicted molar refractivity (Wildman–Crippen MR) is 184 cm³/mol. The highest BCUT2D eigenvalue weighted by atomic mass is 31.2. The van der Waals surface area contributed by atoms with Crippen molar-refractivity contribution >= 4 is 30.7 Å². The summed E-state index contributed by atoms with van der Waals surface area (Å²) in [6, 6.07) is 7.39. The first-order chi connectivity index (χ1) is 23.1. The van der Waals surface area contributed by atoms with Crippen LogP contribution in [0.25, 0.3) is 11.2 Å². The standard InChI is InChI=1S/C34H50FN6O6P/c1-5-7-8-9-10-11-12-13-14-15-19-24-45-32(42)27(3)40-48(43,47-28-20-17-16-18-21-28)46-25-34(6-2,44-4)22-23-41-26-37-29-30(36)38-33(35)39-31(29)41/h2,16-18,20-21,26-27H,5,7-15,19,22-25H2,1,3-4H3,(H,40,43)(H2,36,38,39)/t27-,34-,48?/m0/s1. The molecule has 3 atom stereocenters. The Morgan fingerprint density at radius 2 is 1.73 bits per heavy atom. The number of imidazole rings is 1. The lowest BCUT2D eigenvalue weighted by molar-refractivity contribution is -0.145. The van der Waals surface area contributed by atoms with Crippen molar-refractivity contribution in [3.05, 3.63) is 42.7 Å². The number of nitrogens with one attached hydrogen (secondary N) is 1. The van der Waals surface area contributed by atoms with Crippen LogP contribution in [0.1, 0.15) is 90.9 Å². The molecule has 14 heteroatoms. The number of methoxy groups -OCH3 is 1. The lowest BCUT2D eigenvalue weighted by Crippen LogP contribution is -2.39. The number of anilines is 1. The normalized spacial score (nSPS) is 14.6. The Bertz CT molecular complexity index is 1500. The maximum Gasteiger partial charge on any atom is 0.459 e. The van der Waals surface area contributed by atoms with Gasteiger partial charge in [-0.15, -0.1) is 6.42 Å². The quantitative estimate of drug-likeness (QED) is 0.0329. The van der Waals surface area contributed by atoms with Crippen LogP contribution < -0.4 is 15.3 Å². The number of benzene rings is 1. The minimum absolute atomic E-state index is 0.0916. The van der Waals surface area contributed by atoms with Crippen LogP contribution in [-0.4, -0.2) is 57.5 Å². The van der Waals surface area contributed by atoms with Crippen LogP contribution in [0.4, 0.5) is 10.2 Å². The highest BCUT2D eigenvalue weighted by Crippen LogP contribution is 2.46. The van der Waals surface area contributed by atoms with Crippen LogP contribution in [0.15, 0.2) is 36.7 Å². The van der Waals surface area contributed by atoms with Gasteiger partial charge in [-0.2, -0.15) is 19.4 Å². The first-order valence-corrected chi connectivity index (χ1v) is 18.3. The number of nitrogens with two attached hydrogens (primary N) is 1. The Balaban J connectivity index is 1.54. The maximum atomic E-state index is 14.1. The molecule has 1 aromatic carbocycles. The Morgan fingerprint density at radius 1 is 1.08 bits per heavy atom. The summed E-state index contributed by atoms with van der Waals surface area (Å²) >= 11 is 0. The van der Waals surface area contributed by atoms with E-state index >= 15 is 0 Å². The third-order valence-corrected chi connectivity index (χ3v) is 9.63. The zero-order chi connectivity index (χ0) is 34.8. The SMILES string of the molecule is C#C[C@](CCn1cnc2c(N)nc(F)nc21)(COP(=O)(N[C@@H](C)C(=O)OCCCCCCCCCCCCC)Oc1ccccc1)OC. The van der Waals surface area contributed by atoms with E-state index in [1.165, 1.54) is 71.7 Å². The fourth-order valence-electron chi connectivity index (χ4n) is 5.06. The monoisotopic (exact) mass is 688 g/mol. The predicted octanol–water partition coefficient (Wildman–Crippen LogP) is 6.99. The number of hydrogen-bond donors (Lipinski definition) is 2. The molecular weight excluding hydrogens is 638 g/mol. The van der Waals surface area contributed by atoms with Gasteiger partial charge in [-0.3, -0.25) is 9.32 Å². The summed E-state index contributed by atoms with van der Waals surface area (Å²) in [5.41, 5.74) is 4.80. The molecule has 0 fully saturated rings. The number of carbonyl (C=O) groups is 1. The molecule has 0 aliphatic rings. The number of esters is 1. The van der Waals surface area contributed by atoms with Gasteiger partial charge in [0.15, 0.2) is 17.1 Å². The van der Waals surface area contributed by atoms with E-state index in [4.69, 9.17) is 30.7 Å². The molecule has 2 heterocycles. The number of ether oxygens (including phenoxy) is 2. The van der Waals surface area contributed by atoms with Gasteiger partial charge in [0.05, 0.1) is 19.5 Å². The Hall–Kier alpha value is -3.56. The highest BCUT2D eigenvalue weighted by Gasteiger charge is 2.37. The van der Waals surface area contributed by atoms with Crippen molar-refractivity contribution in [1.29, 1.82) is 0 Å². The largest absolute Gasteiger partial charge is 0.465 e.